The molecule has 2 N–H and O–H groups in total. The minimum absolute atomic E-state index is 0.352. The molecule has 0 aliphatic carbocycles. The lowest BCUT2D eigenvalue weighted by molar-refractivity contribution is 1.08. The van der Waals surface area contributed by atoms with Crippen molar-refractivity contribution in [3.63, 3.8) is 0 Å². The van der Waals surface area contributed by atoms with Gasteiger partial charge in [0.2, 0.25) is 5.95 Å². The molecule has 1 aromatic carbocycles. The maximum absolute atomic E-state index is 6.25. The van der Waals surface area contributed by atoms with Crippen molar-refractivity contribution in [1.82, 2.24) is 14.5 Å². The standard InChI is InChI=1S/C12H7Br2ClN4/c13-6-1-2-10(8(15)3-6)19-11-9(18-12(19)16)4-7(14)5-17-11/h1-5H,(H2,16,18). The van der Waals surface area contributed by atoms with Crippen LogP contribution in [0.4, 0.5) is 5.95 Å². The van der Waals surface area contributed by atoms with Gasteiger partial charge in [0.15, 0.2) is 5.65 Å². The number of halogens is 3. The number of benzene rings is 1. The number of aromatic nitrogens is 3. The molecule has 19 heavy (non-hydrogen) atoms. The second kappa shape index (κ2) is 4.77. The third kappa shape index (κ3) is 2.24. The van der Waals surface area contributed by atoms with Crippen molar-refractivity contribution in [2.45, 2.75) is 0 Å². The molecule has 0 saturated carbocycles. The quantitative estimate of drug-likeness (QED) is 0.664. The number of pyridine rings is 1. The van der Waals surface area contributed by atoms with Crippen LogP contribution in [0.25, 0.3) is 16.9 Å². The van der Waals surface area contributed by atoms with Gasteiger partial charge < -0.3 is 5.73 Å². The summed E-state index contributed by atoms with van der Waals surface area (Å²) in [7, 11) is 0. The van der Waals surface area contributed by atoms with Crippen molar-refractivity contribution in [2.75, 3.05) is 5.73 Å². The molecule has 0 spiro atoms. The van der Waals surface area contributed by atoms with Gasteiger partial charge in [0.25, 0.3) is 0 Å². The molecule has 2 aromatic heterocycles. The van der Waals surface area contributed by atoms with Gasteiger partial charge in [-0.2, -0.15) is 0 Å². The Bertz CT molecular complexity index is 785. The maximum atomic E-state index is 6.25. The topological polar surface area (TPSA) is 56.7 Å². The summed E-state index contributed by atoms with van der Waals surface area (Å²) in [5.41, 5.74) is 8.10. The van der Waals surface area contributed by atoms with Gasteiger partial charge in [-0.15, -0.1) is 0 Å². The highest BCUT2D eigenvalue weighted by atomic mass is 79.9. The average Bonchev–Trinajstić information content (AvgIpc) is 2.65. The van der Waals surface area contributed by atoms with E-state index in [-0.39, 0.29) is 0 Å². The van der Waals surface area contributed by atoms with Gasteiger partial charge in [-0.3, -0.25) is 4.57 Å². The first-order valence-corrected chi connectivity index (χ1v) is 7.27. The van der Waals surface area contributed by atoms with Crippen molar-refractivity contribution in [2.24, 2.45) is 0 Å². The van der Waals surface area contributed by atoms with E-state index in [1.54, 1.807) is 16.8 Å². The SMILES string of the molecule is Nc1nc2cc(Br)cnc2n1-c1ccc(Br)cc1Cl. The fourth-order valence-corrected chi connectivity index (χ4v) is 2.94. The molecule has 0 atom stereocenters. The Labute approximate surface area is 130 Å². The first-order valence-electron chi connectivity index (χ1n) is 5.31. The second-order valence-electron chi connectivity index (χ2n) is 3.90. The van der Waals surface area contributed by atoms with E-state index in [0.29, 0.717) is 22.1 Å². The number of imidazole rings is 1. The maximum Gasteiger partial charge on any atom is 0.207 e. The van der Waals surface area contributed by atoms with Gasteiger partial charge >= 0.3 is 0 Å². The molecule has 0 fully saturated rings. The van der Waals surface area contributed by atoms with E-state index in [1.807, 2.05) is 18.2 Å². The predicted molar refractivity (Wildman–Crippen MR) is 83.7 cm³/mol. The minimum Gasteiger partial charge on any atom is -0.369 e. The molecule has 7 heteroatoms. The Balaban J connectivity index is 2.33. The van der Waals surface area contributed by atoms with Crippen molar-refractivity contribution >= 4 is 60.6 Å². The molecule has 0 saturated heterocycles. The minimum atomic E-state index is 0.352. The molecule has 0 unspecified atom stereocenters. The van der Waals surface area contributed by atoms with Gasteiger partial charge in [-0.1, -0.05) is 27.5 Å². The molecule has 0 aliphatic rings. The van der Waals surface area contributed by atoms with E-state index in [1.165, 1.54) is 0 Å². The lowest BCUT2D eigenvalue weighted by atomic mass is 10.3. The predicted octanol–water partition coefficient (Wildman–Crippen LogP) is 4.18. The summed E-state index contributed by atoms with van der Waals surface area (Å²) < 4.78 is 3.49. The zero-order valence-electron chi connectivity index (χ0n) is 9.44. The van der Waals surface area contributed by atoms with Crippen molar-refractivity contribution in [3.8, 4) is 5.69 Å². The zero-order chi connectivity index (χ0) is 13.6. The van der Waals surface area contributed by atoms with Crippen LogP contribution in [0.2, 0.25) is 5.02 Å². The molecule has 2 heterocycles. The monoisotopic (exact) mass is 400 g/mol. The Hall–Kier alpha value is -1.11. The Morgan fingerprint density at radius 3 is 2.68 bits per heavy atom. The first-order chi connectivity index (χ1) is 9.06. The Morgan fingerprint density at radius 2 is 1.95 bits per heavy atom. The highest BCUT2D eigenvalue weighted by molar-refractivity contribution is 9.10. The van der Waals surface area contributed by atoms with Gasteiger partial charge in [0.1, 0.15) is 5.52 Å². The smallest absolute Gasteiger partial charge is 0.207 e. The molecule has 96 valence electrons. The number of anilines is 1. The second-order valence-corrected chi connectivity index (χ2v) is 6.14. The molecule has 0 bridgehead atoms. The van der Waals surface area contributed by atoms with E-state index < -0.39 is 0 Å². The molecule has 3 aromatic rings. The van der Waals surface area contributed by atoms with Crippen LogP contribution in [-0.4, -0.2) is 14.5 Å². The van der Waals surface area contributed by atoms with Crippen molar-refractivity contribution < 1.29 is 0 Å². The zero-order valence-corrected chi connectivity index (χ0v) is 13.4. The summed E-state index contributed by atoms with van der Waals surface area (Å²) in [6.45, 7) is 0. The Kier molecular flexibility index (Phi) is 3.24. The number of nitrogens with zero attached hydrogens (tertiary/aromatic N) is 3. The van der Waals surface area contributed by atoms with E-state index in [0.717, 1.165) is 14.6 Å². The number of fused-ring (bicyclic) bond motifs is 1. The normalized spacial score (nSPS) is 11.1. The van der Waals surface area contributed by atoms with Crippen molar-refractivity contribution in [3.05, 3.63) is 44.4 Å². The summed E-state index contributed by atoms with van der Waals surface area (Å²) in [4.78, 5) is 8.64. The molecule has 0 aliphatic heterocycles. The van der Waals surface area contributed by atoms with Gasteiger partial charge in [0, 0.05) is 15.1 Å². The number of nitrogen functional groups attached to an aromatic ring is 1. The summed E-state index contributed by atoms with van der Waals surface area (Å²) in [6, 6.07) is 7.43. The van der Waals surface area contributed by atoms with Crippen LogP contribution in [0, 0.1) is 0 Å². The van der Waals surface area contributed by atoms with Crippen LogP contribution in [0.5, 0.6) is 0 Å². The van der Waals surface area contributed by atoms with Crippen LogP contribution in [0.1, 0.15) is 0 Å². The molecule has 0 amide bonds. The van der Waals surface area contributed by atoms with Crippen LogP contribution in [0.15, 0.2) is 39.4 Å². The van der Waals surface area contributed by atoms with E-state index >= 15 is 0 Å². The molecule has 4 nitrogen and oxygen atoms in total. The highest BCUT2D eigenvalue weighted by Crippen LogP contribution is 2.30. The average molecular weight is 402 g/mol. The molecule has 3 rings (SSSR count). The van der Waals surface area contributed by atoms with Gasteiger partial charge in [0.05, 0.1) is 10.7 Å². The highest BCUT2D eigenvalue weighted by Gasteiger charge is 2.14. The molecular formula is C12H7Br2ClN4. The van der Waals surface area contributed by atoms with E-state index in [2.05, 4.69) is 41.8 Å². The third-order valence-electron chi connectivity index (χ3n) is 2.64. The Morgan fingerprint density at radius 1 is 1.16 bits per heavy atom. The van der Waals surface area contributed by atoms with Crippen LogP contribution < -0.4 is 5.73 Å². The summed E-state index contributed by atoms with van der Waals surface area (Å²) in [5.74, 6) is 0.352. The molecular weight excluding hydrogens is 395 g/mol. The summed E-state index contributed by atoms with van der Waals surface area (Å²) >= 11 is 13.0. The summed E-state index contributed by atoms with van der Waals surface area (Å²) in [5, 5.41) is 0.574. The first kappa shape index (κ1) is 12.9. The van der Waals surface area contributed by atoms with Crippen LogP contribution in [0.3, 0.4) is 0 Å². The largest absolute Gasteiger partial charge is 0.369 e. The number of hydrogen-bond donors (Lipinski definition) is 1. The van der Waals surface area contributed by atoms with Gasteiger partial charge in [-0.25, -0.2) is 9.97 Å². The number of nitrogens with two attached hydrogens (primary N) is 1. The lowest BCUT2D eigenvalue weighted by Crippen LogP contribution is -2.02. The van der Waals surface area contributed by atoms with Crippen LogP contribution >= 0.6 is 43.5 Å². The fourth-order valence-electron chi connectivity index (χ4n) is 1.86. The third-order valence-corrected chi connectivity index (χ3v) is 3.87. The summed E-state index contributed by atoms with van der Waals surface area (Å²) in [6.07, 6.45) is 1.70. The van der Waals surface area contributed by atoms with Gasteiger partial charge in [-0.05, 0) is 40.2 Å². The fraction of sp³-hybridized carbons (Fsp3) is 0. The van der Waals surface area contributed by atoms with E-state index in [4.69, 9.17) is 17.3 Å². The van der Waals surface area contributed by atoms with E-state index in [9.17, 15) is 0 Å². The number of hydrogen-bond acceptors (Lipinski definition) is 3. The lowest BCUT2D eigenvalue weighted by Gasteiger charge is -2.08. The molecule has 0 radical (unpaired) electrons. The number of rotatable bonds is 1. The van der Waals surface area contributed by atoms with Crippen LogP contribution in [-0.2, 0) is 0 Å². The van der Waals surface area contributed by atoms with Crippen molar-refractivity contribution in [1.29, 1.82) is 0 Å².